The van der Waals surface area contributed by atoms with Crippen LogP contribution in [0.4, 0.5) is 8.78 Å². The molecular weight excluding hydrogens is 274 g/mol. The Morgan fingerprint density at radius 3 is 2.42 bits per heavy atom. The molecule has 6 heteroatoms. The van der Waals surface area contributed by atoms with Gasteiger partial charge in [-0.15, -0.1) is 12.4 Å². The first-order valence-electron chi connectivity index (χ1n) is 6.10. The lowest BCUT2D eigenvalue weighted by atomic mass is 10.1. The Balaban J connectivity index is 0.00000133. The van der Waals surface area contributed by atoms with Gasteiger partial charge < -0.3 is 10.6 Å². The predicted molar refractivity (Wildman–Crippen MR) is 69.1 cm³/mol. The van der Waals surface area contributed by atoms with E-state index in [4.69, 9.17) is 0 Å². The van der Waals surface area contributed by atoms with E-state index >= 15 is 0 Å². The van der Waals surface area contributed by atoms with E-state index in [-0.39, 0.29) is 36.3 Å². The Labute approximate surface area is 116 Å². The van der Waals surface area contributed by atoms with Gasteiger partial charge in [-0.3, -0.25) is 4.79 Å². The van der Waals surface area contributed by atoms with E-state index in [2.05, 4.69) is 10.6 Å². The third-order valence-corrected chi connectivity index (χ3v) is 3.82. The average Bonchev–Trinajstić information content (AvgIpc) is 2.76. The second-order valence-corrected chi connectivity index (χ2v) is 4.96. The van der Waals surface area contributed by atoms with Crippen molar-refractivity contribution in [1.82, 2.24) is 10.6 Å². The van der Waals surface area contributed by atoms with Crippen LogP contribution in [0, 0.1) is 23.5 Å². The number of benzene rings is 1. The van der Waals surface area contributed by atoms with Crippen LogP contribution >= 0.6 is 12.4 Å². The van der Waals surface area contributed by atoms with Gasteiger partial charge in [0.1, 0.15) is 11.6 Å². The van der Waals surface area contributed by atoms with E-state index in [0.29, 0.717) is 11.8 Å². The first-order chi connectivity index (χ1) is 8.66. The number of rotatable bonds is 3. The maximum Gasteiger partial charge on any atom is 0.224 e. The fourth-order valence-electron chi connectivity index (χ4n) is 2.73. The van der Waals surface area contributed by atoms with E-state index in [0.717, 1.165) is 13.1 Å². The number of carbonyl (C=O) groups excluding carboxylic acids is 1. The summed E-state index contributed by atoms with van der Waals surface area (Å²) in [6.45, 7) is 1.84. The van der Waals surface area contributed by atoms with Crippen molar-refractivity contribution < 1.29 is 13.6 Å². The summed E-state index contributed by atoms with van der Waals surface area (Å²) in [5.41, 5.74) is -0.154. The maximum atomic E-state index is 13.4. The summed E-state index contributed by atoms with van der Waals surface area (Å²) in [4.78, 5) is 11.7. The van der Waals surface area contributed by atoms with Crippen LogP contribution in [0.2, 0.25) is 0 Å². The van der Waals surface area contributed by atoms with Gasteiger partial charge in [0, 0.05) is 24.7 Å². The molecule has 1 saturated carbocycles. The Morgan fingerprint density at radius 2 is 1.84 bits per heavy atom. The molecule has 0 bridgehead atoms. The highest BCUT2D eigenvalue weighted by Crippen LogP contribution is 2.41. The molecule has 1 saturated heterocycles. The SMILES string of the molecule is Cl.O=C(Cc1c(F)cccc1F)NC1C2CNCC21. The zero-order chi connectivity index (χ0) is 12.7. The summed E-state index contributed by atoms with van der Waals surface area (Å²) in [6.07, 6.45) is -0.234. The van der Waals surface area contributed by atoms with Crippen LogP contribution in [0.25, 0.3) is 0 Å². The Bertz CT molecular complexity index is 467. The Hall–Kier alpha value is -1.20. The van der Waals surface area contributed by atoms with Crippen LogP contribution in [-0.2, 0) is 11.2 Å². The van der Waals surface area contributed by atoms with Crippen molar-refractivity contribution in [1.29, 1.82) is 0 Å². The molecule has 2 atom stereocenters. The first-order valence-corrected chi connectivity index (χ1v) is 6.10. The zero-order valence-corrected chi connectivity index (χ0v) is 11.0. The largest absolute Gasteiger partial charge is 0.352 e. The molecule has 0 radical (unpaired) electrons. The van der Waals surface area contributed by atoms with Crippen molar-refractivity contribution in [3.8, 4) is 0 Å². The highest BCUT2D eigenvalue weighted by molar-refractivity contribution is 5.85. The fourth-order valence-corrected chi connectivity index (χ4v) is 2.73. The van der Waals surface area contributed by atoms with E-state index < -0.39 is 11.6 Å². The topological polar surface area (TPSA) is 41.1 Å². The smallest absolute Gasteiger partial charge is 0.224 e. The quantitative estimate of drug-likeness (QED) is 0.879. The lowest BCUT2D eigenvalue weighted by Crippen LogP contribution is -2.33. The molecule has 0 aromatic heterocycles. The molecular formula is C13H15ClF2N2O. The van der Waals surface area contributed by atoms with Crippen LogP contribution < -0.4 is 10.6 Å². The normalized spacial score (nSPS) is 27.4. The number of fused-ring (bicyclic) bond motifs is 1. The molecule has 2 N–H and O–H groups in total. The Kier molecular flexibility index (Phi) is 4.06. The number of nitrogens with one attached hydrogen (secondary N) is 2. The second kappa shape index (κ2) is 5.43. The standard InChI is InChI=1S/C13H14F2N2O.ClH/c14-10-2-1-3-11(15)7(10)4-12(18)17-13-8-5-16-6-9(8)13;/h1-3,8-9,13,16H,4-6H2,(H,17,18);1H. The number of carbonyl (C=O) groups is 1. The van der Waals surface area contributed by atoms with Gasteiger partial charge in [0.05, 0.1) is 6.42 Å². The molecule has 1 heterocycles. The molecule has 2 unspecified atom stereocenters. The lowest BCUT2D eigenvalue weighted by Gasteiger charge is -2.08. The van der Waals surface area contributed by atoms with Crippen LogP contribution in [0.15, 0.2) is 18.2 Å². The summed E-state index contributed by atoms with van der Waals surface area (Å²) >= 11 is 0. The van der Waals surface area contributed by atoms with E-state index in [1.54, 1.807) is 0 Å². The molecule has 104 valence electrons. The molecule has 0 spiro atoms. The summed E-state index contributed by atoms with van der Waals surface area (Å²) in [7, 11) is 0. The second-order valence-electron chi connectivity index (χ2n) is 4.96. The van der Waals surface area contributed by atoms with E-state index in [1.807, 2.05) is 0 Å². The summed E-state index contributed by atoms with van der Waals surface area (Å²) in [5, 5.41) is 6.07. The van der Waals surface area contributed by atoms with Crippen molar-refractivity contribution in [3.05, 3.63) is 35.4 Å². The van der Waals surface area contributed by atoms with E-state index in [1.165, 1.54) is 18.2 Å². The molecule has 1 aromatic carbocycles. The molecule has 1 aliphatic heterocycles. The van der Waals surface area contributed by atoms with Crippen LogP contribution in [0.1, 0.15) is 5.56 Å². The fraction of sp³-hybridized carbons (Fsp3) is 0.462. The molecule has 1 aromatic rings. The van der Waals surface area contributed by atoms with Gasteiger partial charge in [-0.25, -0.2) is 8.78 Å². The molecule has 19 heavy (non-hydrogen) atoms. The van der Waals surface area contributed by atoms with Crippen LogP contribution in [0.5, 0.6) is 0 Å². The van der Waals surface area contributed by atoms with Crippen LogP contribution in [0.3, 0.4) is 0 Å². The Morgan fingerprint density at radius 1 is 1.26 bits per heavy atom. The van der Waals surface area contributed by atoms with Gasteiger partial charge in [-0.05, 0) is 24.0 Å². The number of hydrogen-bond acceptors (Lipinski definition) is 2. The van der Waals surface area contributed by atoms with Crippen molar-refractivity contribution in [3.63, 3.8) is 0 Å². The monoisotopic (exact) mass is 288 g/mol. The van der Waals surface area contributed by atoms with Crippen molar-refractivity contribution >= 4 is 18.3 Å². The maximum absolute atomic E-state index is 13.4. The highest BCUT2D eigenvalue weighted by atomic mass is 35.5. The predicted octanol–water partition coefficient (Wildman–Crippen LogP) is 1.26. The molecule has 2 aliphatic rings. The van der Waals surface area contributed by atoms with Gasteiger partial charge >= 0.3 is 0 Å². The van der Waals surface area contributed by atoms with Crippen molar-refractivity contribution in [2.75, 3.05) is 13.1 Å². The average molecular weight is 289 g/mol. The van der Waals surface area contributed by atoms with Gasteiger partial charge in [0.15, 0.2) is 0 Å². The minimum atomic E-state index is -0.664. The summed E-state index contributed by atoms with van der Waals surface area (Å²) < 4.78 is 26.7. The zero-order valence-electron chi connectivity index (χ0n) is 10.2. The van der Waals surface area contributed by atoms with E-state index in [9.17, 15) is 13.6 Å². The van der Waals surface area contributed by atoms with Crippen LogP contribution in [-0.4, -0.2) is 25.0 Å². The molecule has 2 fully saturated rings. The minimum absolute atomic E-state index is 0. The third kappa shape index (κ3) is 2.72. The molecule has 3 rings (SSSR count). The number of hydrogen-bond donors (Lipinski definition) is 2. The van der Waals surface area contributed by atoms with Gasteiger partial charge in [-0.1, -0.05) is 6.07 Å². The number of amides is 1. The molecule has 3 nitrogen and oxygen atoms in total. The highest BCUT2D eigenvalue weighted by Gasteiger charge is 2.53. The number of halogens is 3. The van der Waals surface area contributed by atoms with Crippen molar-refractivity contribution in [2.45, 2.75) is 12.5 Å². The lowest BCUT2D eigenvalue weighted by molar-refractivity contribution is -0.120. The molecule has 1 amide bonds. The number of piperidine rings is 1. The molecule has 1 aliphatic carbocycles. The van der Waals surface area contributed by atoms with Crippen molar-refractivity contribution in [2.24, 2.45) is 11.8 Å². The van der Waals surface area contributed by atoms with Gasteiger partial charge in [0.2, 0.25) is 5.91 Å². The summed E-state index contributed by atoms with van der Waals surface area (Å²) in [6, 6.07) is 3.82. The summed E-state index contributed by atoms with van der Waals surface area (Å²) in [5.74, 6) is -0.636. The first kappa shape index (κ1) is 14.2. The van der Waals surface area contributed by atoms with Gasteiger partial charge in [-0.2, -0.15) is 0 Å². The minimum Gasteiger partial charge on any atom is -0.352 e. The third-order valence-electron chi connectivity index (χ3n) is 3.82. The van der Waals surface area contributed by atoms with Gasteiger partial charge in [0.25, 0.3) is 0 Å².